The molecule has 2 aromatic rings. The fourth-order valence-electron chi connectivity index (χ4n) is 3.44. The lowest BCUT2D eigenvalue weighted by molar-refractivity contribution is -0.0240. The third kappa shape index (κ3) is 3.54. The summed E-state index contributed by atoms with van der Waals surface area (Å²) in [6.45, 7) is 3.94. The molecule has 0 aliphatic carbocycles. The van der Waals surface area contributed by atoms with Crippen LogP contribution in [0.25, 0.3) is 0 Å². The molecule has 0 radical (unpaired) electrons. The van der Waals surface area contributed by atoms with Crippen molar-refractivity contribution in [1.82, 2.24) is 9.97 Å². The van der Waals surface area contributed by atoms with Crippen molar-refractivity contribution in [2.45, 2.75) is 19.4 Å². The first-order chi connectivity index (χ1) is 12.2. The Balaban J connectivity index is 1.35. The van der Waals surface area contributed by atoms with Gasteiger partial charge in [0, 0.05) is 40.7 Å². The molecule has 3 heterocycles. The van der Waals surface area contributed by atoms with Crippen LogP contribution in [0.5, 0.6) is 5.75 Å². The zero-order valence-electron chi connectivity index (χ0n) is 13.8. The Morgan fingerprint density at radius 3 is 2.52 bits per heavy atom. The van der Waals surface area contributed by atoms with Gasteiger partial charge in [0.1, 0.15) is 6.61 Å². The largest absolute Gasteiger partial charge is 0.486 e. The van der Waals surface area contributed by atoms with Gasteiger partial charge in [0.05, 0.1) is 19.0 Å². The topological polar surface area (TPSA) is 47.5 Å². The number of hydrogen-bond acceptors (Lipinski definition) is 5. The Labute approximate surface area is 156 Å². The minimum absolute atomic E-state index is 0.283. The van der Waals surface area contributed by atoms with Gasteiger partial charge in [0.2, 0.25) is 5.95 Å². The molecule has 2 saturated heterocycles. The van der Waals surface area contributed by atoms with Crippen molar-refractivity contribution in [1.29, 1.82) is 0 Å². The van der Waals surface area contributed by atoms with Gasteiger partial charge in [-0.05, 0) is 25.0 Å². The molecule has 132 valence electrons. The quantitative estimate of drug-likeness (QED) is 0.803. The molecule has 1 aromatic heterocycles. The van der Waals surface area contributed by atoms with Crippen molar-refractivity contribution in [3.8, 4) is 5.75 Å². The second kappa shape index (κ2) is 6.98. The normalized spacial score (nSPS) is 18.9. The number of nitrogens with zero attached hydrogens (tertiary/aromatic N) is 3. The van der Waals surface area contributed by atoms with Crippen molar-refractivity contribution in [3.05, 3.63) is 46.2 Å². The Morgan fingerprint density at radius 1 is 1.16 bits per heavy atom. The van der Waals surface area contributed by atoms with Gasteiger partial charge in [-0.2, -0.15) is 0 Å². The maximum absolute atomic E-state index is 6.15. The molecule has 25 heavy (non-hydrogen) atoms. The molecule has 7 heteroatoms. The van der Waals surface area contributed by atoms with E-state index in [1.54, 1.807) is 24.5 Å². The highest BCUT2D eigenvalue weighted by atomic mass is 35.5. The van der Waals surface area contributed by atoms with E-state index in [4.69, 9.17) is 32.7 Å². The van der Waals surface area contributed by atoms with E-state index >= 15 is 0 Å². The van der Waals surface area contributed by atoms with Crippen LogP contribution in [0.15, 0.2) is 30.6 Å². The van der Waals surface area contributed by atoms with Crippen LogP contribution >= 0.6 is 23.2 Å². The number of hydrogen-bond donors (Lipinski definition) is 0. The van der Waals surface area contributed by atoms with Gasteiger partial charge in [-0.3, -0.25) is 0 Å². The van der Waals surface area contributed by atoms with Gasteiger partial charge in [-0.15, -0.1) is 0 Å². The molecule has 1 spiro atoms. The minimum Gasteiger partial charge on any atom is -0.486 e. The monoisotopic (exact) mass is 379 g/mol. The van der Waals surface area contributed by atoms with E-state index in [-0.39, 0.29) is 6.61 Å². The Bertz CT molecular complexity index is 720. The smallest absolute Gasteiger partial charge is 0.225 e. The first-order valence-electron chi connectivity index (χ1n) is 8.36. The van der Waals surface area contributed by atoms with E-state index in [9.17, 15) is 0 Å². The molecule has 0 N–H and O–H groups in total. The summed E-state index contributed by atoms with van der Waals surface area (Å²) in [6, 6.07) is 5.39. The van der Waals surface area contributed by atoms with Crippen LogP contribution in [0.4, 0.5) is 5.95 Å². The lowest BCUT2D eigenvalue weighted by Gasteiger charge is -2.51. The highest BCUT2D eigenvalue weighted by Crippen LogP contribution is 2.39. The summed E-state index contributed by atoms with van der Waals surface area (Å²) >= 11 is 12.3. The summed E-state index contributed by atoms with van der Waals surface area (Å²) in [6.07, 6.45) is 5.75. The number of benzene rings is 1. The van der Waals surface area contributed by atoms with Crippen molar-refractivity contribution >= 4 is 29.2 Å². The van der Waals surface area contributed by atoms with Crippen LogP contribution in [0.2, 0.25) is 10.0 Å². The van der Waals surface area contributed by atoms with E-state index in [2.05, 4.69) is 14.9 Å². The van der Waals surface area contributed by atoms with Crippen LogP contribution in [0.3, 0.4) is 0 Å². The third-order valence-corrected chi connectivity index (χ3v) is 5.51. The van der Waals surface area contributed by atoms with Crippen molar-refractivity contribution in [3.63, 3.8) is 0 Å². The highest BCUT2D eigenvalue weighted by Gasteiger charge is 2.45. The first kappa shape index (κ1) is 16.9. The summed E-state index contributed by atoms with van der Waals surface area (Å²) in [7, 11) is 0. The van der Waals surface area contributed by atoms with Gasteiger partial charge in [-0.1, -0.05) is 29.3 Å². The molecule has 4 rings (SSSR count). The number of rotatable bonds is 4. The molecule has 0 unspecified atom stereocenters. The molecule has 0 atom stereocenters. The van der Waals surface area contributed by atoms with Crippen LogP contribution in [-0.2, 0) is 11.3 Å². The fourth-order valence-corrected chi connectivity index (χ4v) is 3.94. The van der Waals surface area contributed by atoms with Crippen molar-refractivity contribution in [2.75, 3.05) is 31.2 Å². The second-order valence-corrected chi connectivity index (χ2v) is 7.53. The molecule has 2 fully saturated rings. The lowest BCUT2D eigenvalue weighted by atomic mass is 9.76. The van der Waals surface area contributed by atoms with E-state index in [1.807, 2.05) is 6.07 Å². The summed E-state index contributed by atoms with van der Waals surface area (Å²) in [5.41, 5.74) is 1.06. The molecule has 5 nitrogen and oxygen atoms in total. The van der Waals surface area contributed by atoms with E-state index < -0.39 is 0 Å². The van der Waals surface area contributed by atoms with Gasteiger partial charge in [0.25, 0.3) is 0 Å². The lowest BCUT2D eigenvalue weighted by Crippen LogP contribution is -2.60. The Hall–Kier alpha value is -1.56. The number of aromatic nitrogens is 2. The minimum atomic E-state index is 0.283. The van der Waals surface area contributed by atoms with Crippen LogP contribution in [0.1, 0.15) is 18.4 Å². The first-order valence-corrected chi connectivity index (χ1v) is 9.11. The molecule has 2 aliphatic heterocycles. The van der Waals surface area contributed by atoms with Crippen molar-refractivity contribution < 1.29 is 9.47 Å². The van der Waals surface area contributed by atoms with Gasteiger partial charge >= 0.3 is 0 Å². The summed E-state index contributed by atoms with van der Waals surface area (Å²) in [4.78, 5) is 11.0. The van der Waals surface area contributed by atoms with E-state index in [0.29, 0.717) is 21.2 Å². The SMILES string of the molecule is Clc1cccc(Cl)c1COc1cnc(N2CC3(CCCOC3)C2)nc1. The van der Waals surface area contributed by atoms with E-state index in [1.165, 1.54) is 6.42 Å². The molecular formula is C18H19Cl2N3O2. The number of halogens is 2. The molecule has 2 aliphatic rings. The van der Waals surface area contributed by atoms with Gasteiger partial charge < -0.3 is 14.4 Å². The molecule has 1 aromatic carbocycles. The fraction of sp³-hybridized carbons (Fsp3) is 0.444. The van der Waals surface area contributed by atoms with Crippen LogP contribution < -0.4 is 9.64 Å². The summed E-state index contributed by atoms with van der Waals surface area (Å²) in [5, 5.41) is 1.18. The molecular weight excluding hydrogens is 361 g/mol. The standard InChI is InChI=1S/C18H19Cl2N3O2/c19-15-3-1-4-16(20)14(15)9-25-13-7-21-17(22-8-13)23-10-18(11-23)5-2-6-24-12-18/h1,3-4,7-8H,2,5-6,9-12H2. The maximum atomic E-state index is 6.15. The number of anilines is 1. The predicted molar refractivity (Wildman–Crippen MR) is 97.5 cm³/mol. The number of ether oxygens (including phenoxy) is 2. The molecule has 0 saturated carbocycles. The van der Waals surface area contributed by atoms with Crippen LogP contribution in [0, 0.1) is 5.41 Å². The van der Waals surface area contributed by atoms with Gasteiger partial charge in [0.15, 0.2) is 5.75 Å². The highest BCUT2D eigenvalue weighted by molar-refractivity contribution is 6.35. The Kier molecular flexibility index (Phi) is 4.71. The second-order valence-electron chi connectivity index (χ2n) is 6.72. The zero-order chi connectivity index (χ0) is 17.3. The van der Waals surface area contributed by atoms with Crippen LogP contribution in [-0.4, -0.2) is 36.3 Å². The third-order valence-electron chi connectivity index (χ3n) is 4.80. The summed E-state index contributed by atoms with van der Waals surface area (Å²) in [5.74, 6) is 1.33. The maximum Gasteiger partial charge on any atom is 0.225 e. The molecule has 0 amide bonds. The zero-order valence-corrected chi connectivity index (χ0v) is 15.3. The van der Waals surface area contributed by atoms with E-state index in [0.717, 1.165) is 44.2 Å². The van der Waals surface area contributed by atoms with Crippen molar-refractivity contribution in [2.24, 2.45) is 5.41 Å². The predicted octanol–water partition coefficient (Wildman–Crippen LogP) is 3.98. The summed E-state index contributed by atoms with van der Waals surface area (Å²) < 4.78 is 11.3. The Morgan fingerprint density at radius 2 is 1.88 bits per heavy atom. The van der Waals surface area contributed by atoms with Gasteiger partial charge in [-0.25, -0.2) is 9.97 Å². The average molecular weight is 380 g/mol. The average Bonchev–Trinajstić information content (AvgIpc) is 2.60. The molecule has 0 bridgehead atoms.